The van der Waals surface area contributed by atoms with Gasteiger partial charge in [0.25, 0.3) is 0 Å². The summed E-state index contributed by atoms with van der Waals surface area (Å²) in [6, 6.07) is 8.02. The number of carboxylic acids is 1. The third kappa shape index (κ3) is 5.41. The molecule has 28 heavy (non-hydrogen) atoms. The minimum absolute atomic E-state index is 0.139. The molecule has 2 heterocycles. The summed E-state index contributed by atoms with van der Waals surface area (Å²) in [5, 5.41) is 8.69. The van der Waals surface area contributed by atoms with E-state index in [4.69, 9.17) is 9.84 Å². The van der Waals surface area contributed by atoms with Gasteiger partial charge in [-0.05, 0) is 62.1 Å². The van der Waals surface area contributed by atoms with Gasteiger partial charge in [-0.2, -0.15) is 0 Å². The highest BCUT2D eigenvalue weighted by Gasteiger charge is 2.46. The molecule has 0 aromatic heterocycles. The van der Waals surface area contributed by atoms with Crippen molar-refractivity contribution in [2.24, 2.45) is 11.8 Å². The average molecular weight is 383 g/mol. The molecule has 3 rings (SSSR count). The van der Waals surface area contributed by atoms with E-state index in [2.05, 4.69) is 18.2 Å². The van der Waals surface area contributed by atoms with Gasteiger partial charge in [0.1, 0.15) is 0 Å². The maximum absolute atomic E-state index is 12.4. The molecule has 2 aliphatic rings. The number of carbonyl (C=O) groups is 2. The third-order valence-electron chi connectivity index (χ3n) is 5.95. The number of carbonyl (C=O) groups excluding carboxylic acids is 1. The largest absolute Gasteiger partial charge is 0.481 e. The molecule has 1 aromatic carbocycles. The Bertz CT molecular complexity index is 749. The predicted octanol–water partition coefficient (Wildman–Crippen LogP) is 4.66. The van der Waals surface area contributed by atoms with Gasteiger partial charge in [-0.25, -0.2) is 0 Å². The molecule has 4 atom stereocenters. The van der Waals surface area contributed by atoms with E-state index in [9.17, 15) is 9.59 Å². The van der Waals surface area contributed by atoms with E-state index in [1.54, 1.807) is 6.08 Å². The lowest BCUT2D eigenvalue weighted by molar-refractivity contribution is -0.137. The van der Waals surface area contributed by atoms with Gasteiger partial charge in [-0.1, -0.05) is 42.5 Å². The van der Waals surface area contributed by atoms with E-state index in [0.717, 1.165) is 36.8 Å². The molecule has 2 saturated heterocycles. The molecule has 2 aliphatic heterocycles. The Balaban J connectivity index is 1.53. The predicted molar refractivity (Wildman–Crippen MR) is 109 cm³/mol. The zero-order valence-corrected chi connectivity index (χ0v) is 16.5. The van der Waals surface area contributed by atoms with Gasteiger partial charge in [-0.15, -0.1) is 0 Å². The van der Waals surface area contributed by atoms with E-state index in [-0.39, 0.29) is 24.4 Å². The van der Waals surface area contributed by atoms with Crippen LogP contribution in [0.1, 0.15) is 49.7 Å². The molecule has 1 aromatic rings. The Morgan fingerprint density at radius 3 is 2.75 bits per heavy atom. The maximum atomic E-state index is 12.4. The fourth-order valence-electron chi connectivity index (χ4n) is 4.40. The van der Waals surface area contributed by atoms with Crippen molar-refractivity contribution in [1.82, 2.24) is 0 Å². The summed E-state index contributed by atoms with van der Waals surface area (Å²) in [4.78, 5) is 23.0. The monoisotopic (exact) mass is 382 g/mol. The number of rotatable bonds is 10. The number of ether oxygens (including phenoxy) is 1. The number of carboxylic acid groups (broad SMARTS) is 1. The van der Waals surface area contributed by atoms with Crippen molar-refractivity contribution in [2.45, 2.75) is 64.1 Å². The van der Waals surface area contributed by atoms with Crippen LogP contribution in [0.15, 0.2) is 48.6 Å². The van der Waals surface area contributed by atoms with Crippen LogP contribution in [0.4, 0.5) is 0 Å². The molecule has 0 amide bonds. The highest BCUT2D eigenvalue weighted by molar-refractivity contribution is 5.91. The summed E-state index contributed by atoms with van der Waals surface area (Å²) in [7, 11) is 0. The standard InChI is InChI=1S/C24H30O4/c1-17-8-6-7-9-18(17)16-19(25)12-13-21-20(22-14-15-23(21)28-22)10-4-2-3-5-11-24(26)27/h2,4,6-9,12-13,20-23H,3,5,10-11,14-16H2,1H3,(H,26,27)/b4-2-,13-12+/t20-,21-,22+,23-/m0/s1. The topological polar surface area (TPSA) is 63.6 Å². The summed E-state index contributed by atoms with van der Waals surface area (Å²) in [6.07, 6.45) is 13.8. The molecule has 0 aliphatic carbocycles. The zero-order valence-electron chi connectivity index (χ0n) is 16.5. The zero-order chi connectivity index (χ0) is 19.9. The first-order chi connectivity index (χ1) is 13.5. The molecule has 0 radical (unpaired) electrons. The summed E-state index contributed by atoms with van der Waals surface area (Å²) < 4.78 is 6.10. The number of unbranched alkanes of at least 4 members (excludes halogenated alkanes) is 1. The van der Waals surface area contributed by atoms with Crippen LogP contribution >= 0.6 is 0 Å². The number of hydrogen-bond acceptors (Lipinski definition) is 3. The van der Waals surface area contributed by atoms with Crippen molar-refractivity contribution < 1.29 is 19.4 Å². The van der Waals surface area contributed by atoms with Crippen LogP contribution in [0.2, 0.25) is 0 Å². The van der Waals surface area contributed by atoms with Crippen molar-refractivity contribution in [1.29, 1.82) is 0 Å². The van der Waals surface area contributed by atoms with Gasteiger partial charge >= 0.3 is 5.97 Å². The van der Waals surface area contributed by atoms with E-state index < -0.39 is 5.97 Å². The minimum atomic E-state index is -0.740. The van der Waals surface area contributed by atoms with Gasteiger partial charge in [0.05, 0.1) is 12.2 Å². The summed E-state index contributed by atoms with van der Waals surface area (Å²) in [6.45, 7) is 2.04. The lowest BCUT2D eigenvalue weighted by atomic mass is 9.77. The first kappa shape index (κ1) is 20.5. The number of ketones is 1. The van der Waals surface area contributed by atoms with E-state index in [1.807, 2.05) is 31.2 Å². The second kappa shape index (κ2) is 9.83. The number of hydrogen-bond donors (Lipinski definition) is 1. The van der Waals surface area contributed by atoms with Crippen molar-refractivity contribution in [3.05, 3.63) is 59.7 Å². The second-order valence-corrected chi connectivity index (χ2v) is 7.95. The Labute approximate surface area is 167 Å². The van der Waals surface area contributed by atoms with Gasteiger partial charge in [0, 0.05) is 18.8 Å². The van der Waals surface area contributed by atoms with Crippen molar-refractivity contribution >= 4 is 11.8 Å². The van der Waals surface area contributed by atoms with Crippen molar-refractivity contribution in [3.8, 4) is 0 Å². The maximum Gasteiger partial charge on any atom is 0.303 e. The van der Waals surface area contributed by atoms with E-state index in [1.165, 1.54) is 0 Å². The molecule has 0 saturated carbocycles. The number of benzene rings is 1. The first-order valence-corrected chi connectivity index (χ1v) is 10.3. The third-order valence-corrected chi connectivity index (χ3v) is 5.95. The lowest BCUT2D eigenvalue weighted by Crippen LogP contribution is -2.25. The number of aryl methyl sites for hydroxylation is 1. The van der Waals surface area contributed by atoms with Crippen molar-refractivity contribution in [3.63, 3.8) is 0 Å². The minimum Gasteiger partial charge on any atom is -0.481 e. The molecular weight excluding hydrogens is 352 g/mol. The summed E-state index contributed by atoms with van der Waals surface area (Å²) >= 11 is 0. The van der Waals surface area contributed by atoms with E-state index >= 15 is 0 Å². The molecule has 150 valence electrons. The molecule has 4 heteroatoms. The van der Waals surface area contributed by atoms with Crippen LogP contribution in [-0.4, -0.2) is 29.1 Å². The number of fused-ring (bicyclic) bond motifs is 2. The first-order valence-electron chi connectivity index (χ1n) is 10.3. The molecule has 2 fully saturated rings. The van der Waals surface area contributed by atoms with Crippen LogP contribution in [0.25, 0.3) is 0 Å². The van der Waals surface area contributed by atoms with Gasteiger partial charge in [0.15, 0.2) is 5.78 Å². The van der Waals surface area contributed by atoms with Crippen molar-refractivity contribution in [2.75, 3.05) is 0 Å². The van der Waals surface area contributed by atoms with Crippen LogP contribution in [0.5, 0.6) is 0 Å². The molecule has 4 nitrogen and oxygen atoms in total. The summed E-state index contributed by atoms with van der Waals surface area (Å²) in [5.41, 5.74) is 2.24. The Morgan fingerprint density at radius 1 is 1.18 bits per heavy atom. The smallest absolute Gasteiger partial charge is 0.303 e. The van der Waals surface area contributed by atoms with Crippen LogP contribution in [0.3, 0.4) is 0 Å². The molecule has 0 unspecified atom stereocenters. The average Bonchev–Trinajstić information content (AvgIpc) is 3.26. The lowest BCUT2D eigenvalue weighted by Gasteiger charge is -2.24. The SMILES string of the molecule is Cc1ccccc1CC(=O)/C=C/[C@H]1[C@H](C/C=C\CCCC(=O)O)[C@H]2CC[C@@H]1O2. The normalized spacial score (nSPS) is 26.5. The fourth-order valence-corrected chi connectivity index (χ4v) is 4.40. The number of aliphatic carboxylic acids is 1. The quantitative estimate of drug-likeness (QED) is 0.363. The van der Waals surface area contributed by atoms with Crippen LogP contribution in [0, 0.1) is 18.8 Å². The highest BCUT2D eigenvalue weighted by Crippen LogP contribution is 2.45. The molecule has 0 spiro atoms. The van der Waals surface area contributed by atoms with Gasteiger partial charge < -0.3 is 9.84 Å². The van der Waals surface area contributed by atoms with Gasteiger partial charge in [-0.3, -0.25) is 9.59 Å². The Hall–Kier alpha value is -2.20. The second-order valence-electron chi connectivity index (χ2n) is 7.95. The molecular formula is C24H30O4. The highest BCUT2D eigenvalue weighted by atomic mass is 16.5. The number of allylic oxidation sites excluding steroid dienone is 3. The van der Waals surface area contributed by atoms with Gasteiger partial charge in [0.2, 0.25) is 0 Å². The fraction of sp³-hybridized carbons (Fsp3) is 0.500. The van der Waals surface area contributed by atoms with Crippen LogP contribution < -0.4 is 0 Å². The molecule has 2 bridgehead atoms. The summed E-state index contributed by atoms with van der Waals surface area (Å²) in [5.74, 6) is 0.107. The Morgan fingerprint density at radius 2 is 1.96 bits per heavy atom. The molecule has 1 N–H and O–H groups in total. The van der Waals surface area contributed by atoms with Crippen LogP contribution in [-0.2, 0) is 20.7 Å². The Kier molecular flexibility index (Phi) is 7.21. The van der Waals surface area contributed by atoms with E-state index in [0.29, 0.717) is 24.7 Å².